The predicted molar refractivity (Wildman–Crippen MR) is 133 cm³/mol. The lowest BCUT2D eigenvalue weighted by Gasteiger charge is -2.16. The van der Waals surface area contributed by atoms with E-state index in [1.54, 1.807) is 26.4 Å². The number of benzene rings is 2. The van der Waals surface area contributed by atoms with E-state index in [1.807, 2.05) is 23.6 Å². The standard InChI is InChI=1S/C24H27N3O7S/c1-31-18-7-5-13(9-17(18)26-24(30)16(25)6-8-21(28)29)15-12-35-27-22(15)14-10-19(32-2)23(34-4)20(11-14)33-3/h5,7,9-12,16H,6,8,25H2,1-4H3,(H,26,30)(H,28,29)/t16-/m1/s1. The number of anilines is 1. The highest BCUT2D eigenvalue weighted by molar-refractivity contribution is 7.04. The number of carbonyl (C=O) groups excluding carboxylic acids is 1. The Morgan fingerprint density at radius 1 is 1.00 bits per heavy atom. The van der Waals surface area contributed by atoms with Crippen molar-refractivity contribution in [3.05, 3.63) is 35.7 Å². The molecule has 1 atom stereocenters. The maximum Gasteiger partial charge on any atom is 0.303 e. The average Bonchev–Trinajstić information content (AvgIpc) is 3.36. The molecule has 0 unspecified atom stereocenters. The van der Waals surface area contributed by atoms with Gasteiger partial charge in [-0.1, -0.05) is 6.07 Å². The number of hydrogen-bond donors (Lipinski definition) is 3. The van der Waals surface area contributed by atoms with Gasteiger partial charge in [0.2, 0.25) is 11.7 Å². The third kappa shape index (κ3) is 5.81. The second-order valence-corrected chi connectivity index (χ2v) is 8.06. The molecule has 0 aliphatic carbocycles. The van der Waals surface area contributed by atoms with E-state index in [-0.39, 0.29) is 12.8 Å². The van der Waals surface area contributed by atoms with E-state index in [9.17, 15) is 9.59 Å². The van der Waals surface area contributed by atoms with Gasteiger partial charge in [0.05, 0.1) is 45.9 Å². The molecule has 4 N–H and O–H groups in total. The van der Waals surface area contributed by atoms with Crippen molar-refractivity contribution >= 4 is 29.1 Å². The van der Waals surface area contributed by atoms with Gasteiger partial charge in [0.1, 0.15) is 5.75 Å². The summed E-state index contributed by atoms with van der Waals surface area (Å²) in [6, 6.07) is 7.98. The molecule has 3 aromatic rings. The molecule has 35 heavy (non-hydrogen) atoms. The van der Waals surface area contributed by atoms with E-state index in [0.717, 1.165) is 16.7 Å². The molecule has 0 aliphatic rings. The summed E-state index contributed by atoms with van der Waals surface area (Å²) >= 11 is 1.28. The van der Waals surface area contributed by atoms with Gasteiger partial charge < -0.3 is 35.1 Å². The Bertz CT molecular complexity index is 1190. The topological polar surface area (TPSA) is 142 Å². The fraction of sp³-hybridized carbons (Fsp3) is 0.292. The first-order valence-electron chi connectivity index (χ1n) is 10.5. The molecule has 0 bridgehead atoms. The highest BCUT2D eigenvalue weighted by atomic mass is 32.1. The summed E-state index contributed by atoms with van der Waals surface area (Å²) in [5.41, 5.74) is 9.30. The summed E-state index contributed by atoms with van der Waals surface area (Å²) in [4.78, 5) is 23.3. The maximum atomic E-state index is 12.5. The summed E-state index contributed by atoms with van der Waals surface area (Å²) in [6.07, 6.45) is -0.187. The van der Waals surface area contributed by atoms with Crippen molar-refractivity contribution in [3.63, 3.8) is 0 Å². The van der Waals surface area contributed by atoms with E-state index in [2.05, 4.69) is 9.69 Å². The Morgan fingerprint density at radius 2 is 1.66 bits per heavy atom. The van der Waals surface area contributed by atoms with Crippen LogP contribution < -0.4 is 30.0 Å². The number of methoxy groups -OCH3 is 4. The van der Waals surface area contributed by atoms with Crippen LogP contribution in [0.4, 0.5) is 5.69 Å². The maximum absolute atomic E-state index is 12.5. The third-order valence-electron chi connectivity index (χ3n) is 5.28. The minimum Gasteiger partial charge on any atom is -0.495 e. The van der Waals surface area contributed by atoms with Crippen LogP contribution in [0.5, 0.6) is 23.0 Å². The van der Waals surface area contributed by atoms with Crippen molar-refractivity contribution in [2.75, 3.05) is 33.8 Å². The van der Waals surface area contributed by atoms with Crippen LogP contribution in [0.25, 0.3) is 22.4 Å². The van der Waals surface area contributed by atoms with Crippen LogP contribution in [0.15, 0.2) is 35.7 Å². The first-order valence-corrected chi connectivity index (χ1v) is 11.4. The van der Waals surface area contributed by atoms with Crippen LogP contribution in [0.2, 0.25) is 0 Å². The van der Waals surface area contributed by atoms with Crippen molar-refractivity contribution in [1.29, 1.82) is 0 Å². The number of nitrogens with zero attached hydrogens (tertiary/aromatic N) is 1. The van der Waals surface area contributed by atoms with Crippen LogP contribution in [0.3, 0.4) is 0 Å². The number of carboxylic acids is 1. The van der Waals surface area contributed by atoms with Gasteiger partial charge in [-0.05, 0) is 47.8 Å². The van der Waals surface area contributed by atoms with Crippen molar-refractivity contribution < 1.29 is 33.6 Å². The average molecular weight is 502 g/mol. The van der Waals surface area contributed by atoms with Gasteiger partial charge in [-0.15, -0.1) is 0 Å². The largest absolute Gasteiger partial charge is 0.495 e. The molecular weight excluding hydrogens is 474 g/mol. The normalized spacial score (nSPS) is 11.5. The molecule has 0 fully saturated rings. The number of nitrogens with one attached hydrogen (secondary N) is 1. The number of nitrogens with two attached hydrogens (primary N) is 1. The van der Waals surface area contributed by atoms with Crippen molar-refractivity contribution in [2.24, 2.45) is 5.73 Å². The highest BCUT2D eigenvalue weighted by Gasteiger charge is 2.20. The molecule has 1 heterocycles. The number of rotatable bonds is 11. The summed E-state index contributed by atoms with van der Waals surface area (Å²) in [5.74, 6) is 0.388. The molecule has 11 heteroatoms. The first kappa shape index (κ1) is 25.8. The second-order valence-electron chi connectivity index (χ2n) is 7.43. The van der Waals surface area contributed by atoms with Gasteiger partial charge >= 0.3 is 5.97 Å². The van der Waals surface area contributed by atoms with Gasteiger partial charge in [-0.3, -0.25) is 9.59 Å². The molecule has 1 aromatic heterocycles. The summed E-state index contributed by atoms with van der Waals surface area (Å²) < 4.78 is 26.3. The molecule has 0 aliphatic heterocycles. The first-order chi connectivity index (χ1) is 16.8. The summed E-state index contributed by atoms with van der Waals surface area (Å²) in [7, 11) is 6.11. The van der Waals surface area contributed by atoms with Gasteiger partial charge in [-0.2, -0.15) is 4.37 Å². The lowest BCUT2D eigenvalue weighted by atomic mass is 10.0. The number of carbonyl (C=O) groups is 2. The Labute approximate surface area is 206 Å². The SMILES string of the molecule is COc1ccc(-c2csnc2-c2cc(OC)c(OC)c(OC)c2)cc1NC(=O)[C@H](N)CCC(=O)O. The fourth-order valence-electron chi connectivity index (χ4n) is 3.48. The van der Waals surface area contributed by atoms with E-state index in [0.29, 0.717) is 34.4 Å². The van der Waals surface area contributed by atoms with E-state index >= 15 is 0 Å². The predicted octanol–water partition coefficient (Wildman–Crippen LogP) is 3.64. The van der Waals surface area contributed by atoms with E-state index in [4.69, 9.17) is 29.8 Å². The zero-order chi connectivity index (χ0) is 25.5. The molecule has 3 rings (SSSR count). The smallest absolute Gasteiger partial charge is 0.303 e. The van der Waals surface area contributed by atoms with Gasteiger partial charge in [0.25, 0.3) is 0 Å². The monoisotopic (exact) mass is 501 g/mol. The van der Waals surface area contributed by atoms with Crippen molar-refractivity contribution in [1.82, 2.24) is 4.37 Å². The van der Waals surface area contributed by atoms with Crippen LogP contribution in [-0.2, 0) is 9.59 Å². The molecular formula is C24H27N3O7S. The number of hydrogen-bond acceptors (Lipinski definition) is 9. The molecule has 0 spiro atoms. The molecule has 1 amide bonds. The number of aromatic nitrogens is 1. The third-order valence-corrected chi connectivity index (χ3v) is 5.91. The molecule has 0 radical (unpaired) electrons. The minimum absolute atomic E-state index is 0.0168. The molecule has 186 valence electrons. The van der Waals surface area contributed by atoms with Crippen molar-refractivity contribution in [2.45, 2.75) is 18.9 Å². The number of amides is 1. The van der Waals surface area contributed by atoms with Crippen LogP contribution >= 0.6 is 11.5 Å². The Hall–Kier alpha value is -3.83. The molecule has 2 aromatic carbocycles. The van der Waals surface area contributed by atoms with Gasteiger partial charge in [-0.25, -0.2) is 0 Å². The summed E-state index contributed by atoms with van der Waals surface area (Å²) in [5, 5.41) is 13.5. The quantitative estimate of drug-likeness (QED) is 0.359. The Balaban J connectivity index is 1.98. The van der Waals surface area contributed by atoms with Crippen LogP contribution in [0, 0.1) is 0 Å². The second kappa shape index (κ2) is 11.5. The zero-order valence-electron chi connectivity index (χ0n) is 19.8. The molecule has 0 saturated heterocycles. The van der Waals surface area contributed by atoms with Crippen molar-refractivity contribution in [3.8, 4) is 45.4 Å². The lowest BCUT2D eigenvalue weighted by Crippen LogP contribution is -2.36. The van der Waals surface area contributed by atoms with E-state index < -0.39 is 17.9 Å². The Morgan fingerprint density at radius 3 is 2.23 bits per heavy atom. The summed E-state index contributed by atoms with van der Waals surface area (Å²) in [6.45, 7) is 0. The minimum atomic E-state index is -1.02. The van der Waals surface area contributed by atoms with Gasteiger partial charge in [0.15, 0.2) is 11.5 Å². The van der Waals surface area contributed by atoms with Gasteiger partial charge in [0, 0.05) is 22.9 Å². The fourth-order valence-corrected chi connectivity index (χ4v) is 4.19. The number of carboxylic acid groups (broad SMARTS) is 1. The van der Waals surface area contributed by atoms with E-state index in [1.165, 1.54) is 25.8 Å². The highest BCUT2D eigenvalue weighted by Crippen LogP contribution is 2.44. The lowest BCUT2D eigenvalue weighted by molar-refractivity contribution is -0.137. The molecule has 10 nitrogen and oxygen atoms in total. The Kier molecular flexibility index (Phi) is 8.50. The van der Waals surface area contributed by atoms with Crippen LogP contribution in [0.1, 0.15) is 12.8 Å². The molecule has 0 saturated carbocycles. The number of aliphatic carboxylic acids is 1. The number of ether oxygens (including phenoxy) is 4. The zero-order valence-corrected chi connectivity index (χ0v) is 20.6. The van der Waals surface area contributed by atoms with Crippen LogP contribution in [-0.4, -0.2) is 55.8 Å².